The van der Waals surface area contributed by atoms with Crippen molar-refractivity contribution in [2.24, 2.45) is 0 Å². The molecular formula is C21H18Cl2N2O3. The third kappa shape index (κ3) is 4.74. The number of nitrogens with zero attached hydrogens (tertiary/aromatic N) is 1. The van der Waals surface area contributed by atoms with Gasteiger partial charge in [0.2, 0.25) is 0 Å². The highest BCUT2D eigenvalue weighted by Gasteiger charge is 2.13. The highest BCUT2D eigenvalue weighted by Crippen LogP contribution is 2.34. The molecule has 3 aromatic rings. The van der Waals surface area contributed by atoms with E-state index in [4.69, 9.17) is 27.9 Å². The molecule has 0 saturated carbocycles. The Labute approximate surface area is 172 Å². The minimum absolute atomic E-state index is 0.117. The van der Waals surface area contributed by atoms with E-state index >= 15 is 0 Å². The smallest absolute Gasteiger partial charge is 0.257 e. The van der Waals surface area contributed by atoms with Gasteiger partial charge in [0.1, 0.15) is 11.5 Å². The van der Waals surface area contributed by atoms with Gasteiger partial charge in [0.25, 0.3) is 5.91 Å². The number of rotatable bonds is 6. The van der Waals surface area contributed by atoms with Gasteiger partial charge in [-0.3, -0.25) is 9.78 Å². The zero-order chi connectivity index (χ0) is 20.1. The van der Waals surface area contributed by atoms with Crippen LogP contribution in [0.4, 0.5) is 0 Å². The number of likely N-dealkylation sites (N-methyl/N-ethyl adjacent to an activating group) is 1. The van der Waals surface area contributed by atoms with Crippen molar-refractivity contribution >= 4 is 29.1 Å². The van der Waals surface area contributed by atoms with E-state index in [2.05, 4.69) is 10.3 Å². The minimum Gasteiger partial charge on any atom is -0.507 e. The number of phenolic OH excluding ortho intramolecular Hbond substituents is 1. The van der Waals surface area contributed by atoms with Crippen LogP contribution in [0.3, 0.4) is 0 Å². The maximum atomic E-state index is 11.3. The number of carbonyl (C=O) groups is 1. The fourth-order valence-corrected chi connectivity index (χ4v) is 3.28. The summed E-state index contributed by atoms with van der Waals surface area (Å²) < 4.78 is 5.40. The molecule has 0 aliphatic carbocycles. The molecule has 0 fully saturated rings. The molecule has 2 aromatic carbocycles. The minimum atomic E-state index is -0.248. The number of benzene rings is 2. The number of nitrogens with one attached hydrogen (secondary N) is 1. The van der Waals surface area contributed by atoms with Crippen LogP contribution in [0, 0.1) is 0 Å². The van der Waals surface area contributed by atoms with Gasteiger partial charge in [-0.1, -0.05) is 35.3 Å². The summed E-state index contributed by atoms with van der Waals surface area (Å²) in [6, 6.07) is 14.1. The van der Waals surface area contributed by atoms with Crippen LogP contribution in [0.15, 0.2) is 54.7 Å². The summed E-state index contributed by atoms with van der Waals surface area (Å²) >= 11 is 12.8. The van der Waals surface area contributed by atoms with E-state index in [0.717, 1.165) is 11.1 Å². The molecule has 1 heterocycles. The first-order valence-corrected chi connectivity index (χ1v) is 9.28. The molecule has 0 atom stereocenters. The van der Waals surface area contributed by atoms with Crippen molar-refractivity contribution in [3.63, 3.8) is 0 Å². The van der Waals surface area contributed by atoms with E-state index in [1.165, 1.54) is 7.05 Å². The zero-order valence-corrected chi connectivity index (χ0v) is 16.6. The van der Waals surface area contributed by atoms with Gasteiger partial charge >= 0.3 is 0 Å². The second-order valence-corrected chi connectivity index (χ2v) is 6.88. The van der Waals surface area contributed by atoms with Gasteiger partial charge in [0, 0.05) is 35.3 Å². The van der Waals surface area contributed by atoms with Crippen LogP contribution in [0.5, 0.6) is 11.5 Å². The molecule has 2 N–H and O–H groups in total. The van der Waals surface area contributed by atoms with E-state index in [1.807, 2.05) is 30.3 Å². The van der Waals surface area contributed by atoms with E-state index < -0.39 is 0 Å². The van der Waals surface area contributed by atoms with Gasteiger partial charge in [-0.2, -0.15) is 0 Å². The fraction of sp³-hybridized carbons (Fsp3) is 0.143. The van der Waals surface area contributed by atoms with Gasteiger partial charge < -0.3 is 15.2 Å². The highest BCUT2D eigenvalue weighted by atomic mass is 35.5. The first kappa shape index (κ1) is 20.0. The Balaban J connectivity index is 1.85. The third-order valence-electron chi connectivity index (χ3n) is 4.15. The number of amides is 1. The number of hydrogen-bond acceptors (Lipinski definition) is 4. The monoisotopic (exact) mass is 416 g/mol. The van der Waals surface area contributed by atoms with E-state index in [-0.39, 0.29) is 18.3 Å². The number of hydrogen-bond donors (Lipinski definition) is 2. The molecule has 1 amide bonds. The Morgan fingerprint density at radius 2 is 1.89 bits per heavy atom. The molecule has 144 valence electrons. The first-order chi connectivity index (χ1) is 13.5. The second kappa shape index (κ2) is 8.95. The highest BCUT2D eigenvalue weighted by molar-refractivity contribution is 6.36. The summed E-state index contributed by atoms with van der Waals surface area (Å²) in [4.78, 5) is 15.6. The van der Waals surface area contributed by atoms with Crippen molar-refractivity contribution < 1.29 is 14.6 Å². The van der Waals surface area contributed by atoms with Gasteiger partial charge in [0.15, 0.2) is 6.61 Å². The van der Waals surface area contributed by atoms with E-state index in [1.54, 1.807) is 24.4 Å². The molecule has 0 spiro atoms. The van der Waals surface area contributed by atoms with Crippen LogP contribution < -0.4 is 10.1 Å². The third-order valence-corrected chi connectivity index (χ3v) is 4.82. The molecule has 0 radical (unpaired) electrons. The van der Waals surface area contributed by atoms with E-state index in [9.17, 15) is 9.90 Å². The number of halogens is 2. The summed E-state index contributed by atoms with van der Waals surface area (Å²) in [5.74, 6) is 0.322. The van der Waals surface area contributed by atoms with Crippen LogP contribution in [0.1, 0.15) is 11.1 Å². The lowest BCUT2D eigenvalue weighted by molar-refractivity contribution is -0.122. The van der Waals surface area contributed by atoms with Crippen LogP contribution in [-0.4, -0.2) is 29.7 Å². The summed E-state index contributed by atoms with van der Waals surface area (Å²) in [6.45, 7) is -0.117. The van der Waals surface area contributed by atoms with Crippen molar-refractivity contribution in [2.75, 3.05) is 13.7 Å². The lowest BCUT2D eigenvalue weighted by atomic mass is 10.0. The molecule has 0 unspecified atom stereocenters. The molecule has 7 heteroatoms. The number of aromatic hydroxyl groups is 1. The van der Waals surface area contributed by atoms with Gasteiger partial charge in [-0.15, -0.1) is 0 Å². The summed E-state index contributed by atoms with van der Waals surface area (Å²) in [7, 11) is 1.53. The Morgan fingerprint density at radius 3 is 2.54 bits per heavy atom. The summed E-state index contributed by atoms with van der Waals surface area (Å²) in [5, 5.41) is 13.5. The van der Waals surface area contributed by atoms with Crippen molar-refractivity contribution in [1.29, 1.82) is 0 Å². The Morgan fingerprint density at radius 1 is 1.14 bits per heavy atom. The second-order valence-electron chi connectivity index (χ2n) is 6.07. The quantitative estimate of drug-likeness (QED) is 0.621. The van der Waals surface area contributed by atoms with Crippen molar-refractivity contribution in [3.8, 4) is 22.8 Å². The van der Waals surface area contributed by atoms with E-state index in [0.29, 0.717) is 33.5 Å². The Bertz CT molecular complexity index is 971. The summed E-state index contributed by atoms with van der Waals surface area (Å²) in [6.07, 6.45) is 2.14. The van der Waals surface area contributed by atoms with Crippen molar-refractivity contribution in [3.05, 3.63) is 75.9 Å². The first-order valence-electron chi connectivity index (χ1n) is 8.52. The van der Waals surface area contributed by atoms with Crippen molar-refractivity contribution in [1.82, 2.24) is 10.3 Å². The average Bonchev–Trinajstić information content (AvgIpc) is 2.70. The number of phenols is 1. The molecule has 0 aliphatic heterocycles. The average molecular weight is 417 g/mol. The Hall–Kier alpha value is -2.76. The number of pyridine rings is 1. The molecule has 3 rings (SSSR count). The molecule has 5 nitrogen and oxygen atoms in total. The predicted octanol–water partition coefficient (Wildman–Crippen LogP) is 4.48. The SMILES string of the molecule is CNC(=O)COc1cc(Cl)c(Cc2ccc(O)c(-c3ccccn3)c2)c(Cl)c1. The molecular weight excluding hydrogens is 399 g/mol. The number of ether oxygens (including phenoxy) is 1. The maximum Gasteiger partial charge on any atom is 0.257 e. The lowest BCUT2D eigenvalue weighted by Gasteiger charge is -2.12. The van der Waals surface area contributed by atoms with Crippen LogP contribution >= 0.6 is 23.2 Å². The molecule has 0 saturated heterocycles. The van der Waals surface area contributed by atoms with Gasteiger partial charge in [0.05, 0.1) is 5.69 Å². The molecule has 28 heavy (non-hydrogen) atoms. The largest absolute Gasteiger partial charge is 0.507 e. The number of aromatic nitrogens is 1. The molecule has 0 aliphatic rings. The number of carbonyl (C=O) groups excluding carboxylic acids is 1. The predicted molar refractivity (Wildman–Crippen MR) is 110 cm³/mol. The van der Waals surface area contributed by atoms with Crippen LogP contribution in [0.25, 0.3) is 11.3 Å². The standard InChI is InChI=1S/C21H18Cl2N2O3/c1-24-21(27)12-28-14-10-17(22)15(18(23)11-14)8-13-5-6-20(26)16(9-13)19-4-2-3-7-25-19/h2-7,9-11,26H,8,12H2,1H3,(H,24,27). The van der Waals surface area contributed by atoms with Gasteiger partial charge in [-0.05, 0) is 47.5 Å². The lowest BCUT2D eigenvalue weighted by Crippen LogP contribution is -2.24. The fourth-order valence-electron chi connectivity index (χ4n) is 2.68. The maximum absolute atomic E-state index is 11.3. The molecule has 0 bridgehead atoms. The normalized spacial score (nSPS) is 10.5. The topological polar surface area (TPSA) is 71.5 Å². The zero-order valence-electron chi connectivity index (χ0n) is 15.1. The van der Waals surface area contributed by atoms with Gasteiger partial charge in [-0.25, -0.2) is 0 Å². The summed E-state index contributed by atoms with van der Waals surface area (Å²) in [5.41, 5.74) is 2.96. The van der Waals surface area contributed by atoms with Crippen molar-refractivity contribution in [2.45, 2.75) is 6.42 Å². The molecule has 1 aromatic heterocycles. The Kier molecular flexibility index (Phi) is 6.39. The van der Waals surface area contributed by atoms with Crippen LogP contribution in [-0.2, 0) is 11.2 Å². The van der Waals surface area contributed by atoms with Crippen LogP contribution in [0.2, 0.25) is 10.0 Å².